The Morgan fingerprint density at radius 2 is 1.67 bits per heavy atom. The Morgan fingerprint density at radius 1 is 1.05 bits per heavy atom. The topological polar surface area (TPSA) is 29.0 Å². The molecule has 1 aromatic carbocycles. The quantitative estimate of drug-likeness (QED) is 0.794. The molecule has 0 radical (unpaired) electrons. The van der Waals surface area contributed by atoms with Gasteiger partial charge in [0, 0.05) is 23.9 Å². The van der Waals surface area contributed by atoms with Gasteiger partial charge in [0.25, 0.3) is 0 Å². The number of aromatic nitrogens is 2. The molecule has 1 fully saturated rings. The predicted octanol–water partition coefficient (Wildman–Crippen LogP) is 4.06. The van der Waals surface area contributed by atoms with E-state index in [-0.39, 0.29) is 12.8 Å². The summed E-state index contributed by atoms with van der Waals surface area (Å²) >= 11 is 6.01. The second kappa shape index (κ2) is 5.33. The third kappa shape index (κ3) is 2.77. The second-order valence-corrected chi connectivity index (χ2v) is 5.52. The van der Waals surface area contributed by atoms with Crippen LogP contribution in [0.25, 0.3) is 10.8 Å². The van der Waals surface area contributed by atoms with Gasteiger partial charge >= 0.3 is 6.18 Å². The van der Waals surface area contributed by atoms with Gasteiger partial charge in [-0.05, 0) is 12.8 Å². The maximum Gasteiger partial charge on any atom is 0.391 e. The summed E-state index contributed by atoms with van der Waals surface area (Å²) in [5.41, 5.74) is 0. The van der Waals surface area contributed by atoms with Gasteiger partial charge in [0.2, 0.25) is 0 Å². The van der Waals surface area contributed by atoms with Gasteiger partial charge in [-0.1, -0.05) is 35.9 Å². The number of rotatable bonds is 1. The zero-order valence-corrected chi connectivity index (χ0v) is 11.8. The molecule has 0 amide bonds. The molecule has 2 heterocycles. The van der Waals surface area contributed by atoms with Crippen molar-refractivity contribution < 1.29 is 13.2 Å². The zero-order chi connectivity index (χ0) is 15.0. The molecule has 0 unspecified atom stereocenters. The first-order chi connectivity index (χ1) is 9.97. The highest BCUT2D eigenvalue weighted by molar-refractivity contribution is 6.34. The van der Waals surface area contributed by atoms with Crippen LogP contribution < -0.4 is 4.90 Å². The van der Waals surface area contributed by atoms with Crippen LogP contribution in [0.3, 0.4) is 0 Å². The molecule has 2 aromatic rings. The summed E-state index contributed by atoms with van der Waals surface area (Å²) in [5, 5.41) is 9.87. The average molecular weight is 316 g/mol. The molecule has 0 saturated carbocycles. The van der Waals surface area contributed by atoms with E-state index in [1.807, 2.05) is 29.2 Å². The van der Waals surface area contributed by atoms with Crippen molar-refractivity contribution in [3.8, 4) is 0 Å². The smallest absolute Gasteiger partial charge is 0.355 e. The van der Waals surface area contributed by atoms with Gasteiger partial charge in [-0.15, -0.1) is 10.2 Å². The number of fused-ring (bicyclic) bond motifs is 1. The lowest BCUT2D eigenvalue weighted by Crippen LogP contribution is -2.39. The van der Waals surface area contributed by atoms with Crippen molar-refractivity contribution >= 4 is 28.2 Å². The molecule has 3 nitrogen and oxygen atoms in total. The summed E-state index contributed by atoms with van der Waals surface area (Å²) in [5.74, 6) is -0.615. The van der Waals surface area contributed by atoms with E-state index in [0.29, 0.717) is 24.1 Å². The summed E-state index contributed by atoms with van der Waals surface area (Å²) in [6, 6.07) is 7.39. The van der Waals surface area contributed by atoms with E-state index in [9.17, 15) is 13.2 Å². The van der Waals surface area contributed by atoms with Crippen molar-refractivity contribution in [3.63, 3.8) is 0 Å². The number of benzene rings is 1. The fourth-order valence-corrected chi connectivity index (χ4v) is 2.91. The summed E-state index contributed by atoms with van der Waals surface area (Å²) in [6.45, 7) is 0.648. The van der Waals surface area contributed by atoms with Crippen LogP contribution in [-0.4, -0.2) is 29.5 Å². The number of hydrogen-bond donors (Lipinski definition) is 0. The van der Waals surface area contributed by atoms with Gasteiger partial charge in [-0.25, -0.2) is 0 Å². The van der Waals surface area contributed by atoms with Gasteiger partial charge in [0.15, 0.2) is 11.0 Å². The third-order valence-electron chi connectivity index (χ3n) is 3.88. The third-order valence-corrected chi connectivity index (χ3v) is 4.16. The molecular formula is C14H13ClF3N3. The summed E-state index contributed by atoms with van der Waals surface area (Å²) in [6.07, 6.45) is -3.94. The molecule has 1 aliphatic heterocycles. The van der Waals surface area contributed by atoms with E-state index >= 15 is 0 Å². The van der Waals surface area contributed by atoms with Crippen LogP contribution in [0, 0.1) is 5.92 Å². The molecule has 1 aliphatic rings. The van der Waals surface area contributed by atoms with E-state index in [2.05, 4.69) is 10.2 Å². The van der Waals surface area contributed by atoms with Crippen molar-refractivity contribution in [3.05, 3.63) is 29.4 Å². The first-order valence-corrected chi connectivity index (χ1v) is 7.07. The number of anilines is 1. The molecule has 1 saturated heterocycles. The Hall–Kier alpha value is -1.56. The van der Waals surface area contributed by atoms with Crippen LogP contribution >= 0.6 is 11.6 Å². The van der Waals surface area contributed by atoms with E-state index < -0.39 is 12.1 Å². The SMILES string of the molecule is FC(F)(F)C1CCN(c2nnc(Cl)c3ccccc23)CC1. The van der Waals surface area contributed by atoms with Gasteiger partial charge < -0.3 is 4.90 Å². The fraction of sp³-hybridized carbons (Fsp3) is 0.429. The highest BCUT2D eigenvalue weighted by Gasteiger charge is 2.41. The van der Waals surface area contributed by atoms with E-state index in [4.69, 9.17) is 11.6 Å². The van der Waals surface area contributed by atoms with Crippen LogP contribution in [-0.2, 0) is 0 Å². The van der Waals surface area contributed by atoms with E-state index in [1.54, 1.807) is 0 Å². The first-order valence-electron chi connectivity index (χ1n) is 6.69. The van der Waals surface area contributed by atoms with Gasteiger partial charge in [-0.2, -0.15) is 13.2 Å². The molecule has 0 atom stereocenters. The van der Waals surface area contributed by atoms with Crippen LogP contribution in [0.15, 0.2) is 24.3 Å². The zero-order valence-electron chi connectivity index (χ0n) is 11.1. The number of halogens is 4. The Bertz CT molecular complexity index is 651. The molecule has 3 rings (SSSR count). The number of nitrogens with zero attached hydrogens (tertiary/aromatic N) is 3. The van der Waals surface area contributed by atoms with Gasteiger partial charge in [0.1, 0.15) is 0 Å². The van der Waals surface area contributed by atoms with Crippen molar-refractivity contribution in [2.75, 3.05) is 18.0 Å². The molecule has 7 heteroatoms. The average Bonchev–Trinajstić information content (AvgIpc) is 2.47. The van der Waals surface area contributed by atoms with Gasteiger partial charge in [-0.3, -0.25) is 0 Å². The number of hydrogen-bond acceptors (Lipinski definition) is 3. The Labute approximate surface area is 124 Å². The Balaban J connectivity index is 1.88. The Kier molecular flexibility index (Phi) is 3.65. The minimum atomic E-state index is -4.11. The molecular weight excluding hydrogens is 303 g/mol. The lowest BCUT2D eigenvalue weighted by molar-refractivity contribution is -0.179. The Morgan fingerprint density at radius 3 is 2.29 bits per heavy atom. The molecule has 0 aliphatic carbocycles. The van der Waals surface area contributed by atoms with Crippen LogP contribution in [0.5, 0.6) is 0 Å². The van der Waals surface area contributed by atoms with Crippen molar-refractivity contribution in [2.45, 2.75) is 19.0 Å². The lowest BCUT2D eigenvalue weighted by atomic mass is 9.96. The van der Waals surface area contributed by atoms with Crippen LogP contribution in [0.2, 0.25) is 5.15 Å². The molecule has 0 spiro atoms. The first kappa shape index (κ1) is 14.4. The number of piperidine rings is 1. The highest BCUT2D eigenvalue weighted by Crippen LogP contribution is 2.36. The predicted molar refractivity (Wildman–Crippen MR) is 75.5 cm³/mol. The van der Waals surface area contributed by atoms with Crippen LogP contribution in [0.4, 0.5) is 19.0 Å². The van der Waals surface area contributed by atoms with Crippen LogP contribution in [0.1, 0.15) is 12.8 Å². The molecule has 0 bridgehead atoms. The maximum atomic E-state index is 12.7. The summed E-state index contributed by atoms with van der Waals surface area (Å²) in [4.78, 5) is 1.86. The summed E-state index contributed by atoms with van der Waals surface area (Å²) < 4.78 is 38.1. The standard InChI is InChI=1S/C14H13ClF3N3/c15-12-10-3-1-2-4-11(10)13(20-19-12)21-7-5-9(6-8-21)14(16,17)18/h1-4,9H,5-8H2. The minimum Gasteiger partial charge on any atom is -0.355 e. The summed E-state index contributed by atoms with van der Waals surface area (Å²) in [7, 11) is 0. The monoisotopic (exact) mass is 315 g/mol. The highest BCUT2D eigenvalue weighted by atomic mass is 35.5. The maximum absolute atomic E-state index is 12.7. The molecule has 112 valence electrons. The van der Waals surface area contributed by atoms with Crippen molar-refractivity contribution in [1.82, 2.24) is 10.2 Å². The van der Waals surface area contributed by atoms with Gasteiger partial charge in [0.05, 0.1) is 5.92 Å². The van der Waals surface area contributed by atoms with E-state index in [1.165, 1.54) is 0 Å². The second-order valence-electron chi connectivity index (χ2n) is 5.16. The minimum absolute atomic E-state index is 0.0854. The molecule has 0 N–H and O–H groups in total. The molecule has 21 heavy (non-hydrogen) atoms. The number of alkyl halides is 3. The molecule has 1 aromatic heterocycles. The van der Waals surface area contributed by atoms with Crippen molar-refractivity contribution in [2.24, 2.45) is 5.92 Å². The van der Waals surface area contributed by atoms with Crippen molar-refractivity contribution in [1.29, 1.82) is 0 Å². The normalized spacial score (nSPS) is 17.4. The fourth-order valence-electron chi connectivity index (χ4n) is 2.71. The lowest BCUT2D eigenvalue weighted by Gasteiger charge is -2.33. The largest absolute Gasteiger partial charge is 0.391 e. The van der Waals surface area contributed by atoms with E-state index in [0.717, 1.165) is 10.8 Å².